The molecule has 6 heteroatoms. The minimum Gasteiger partial charge on any atom is -0.426 e. The van der Waals surface area contributed by atoms with Gasteiger partial charge in [-0.1, -0.05) is 66.7 Å². The predicted molar refractivity (Wildman–Crippen MR) is 142 cm³/mol. The van der Waals surface area contributed by atoms with Crippen LogP contribution in [0.1, 0.15) is 34.0 Å². The Morgan fingerprint density at radius 1 is 0.811 bits per heavy atom. The lowest BCUT2D eigenvalue weighted by atomic mass is 9.99. The second-order valence-corrected chi connectivity index (χ2v) is 9.02. The van der Waals surface area contributed by atoms with Crippen molar-refractivity contribution in [3.05, 3.63) is 119 Å². The highest BCUT2D eigenvalue weighted by molar-refractivity contribution is 6.08. The summed E-state index contributed by atoms with van der Waals surface area (Å²) in [5.41, 5.74) is 5.85. The molecule has 1 aliphatic heterocycles. The van der Waals surface area contributed by atoms with Crippen LogP contribution in [0.25, 0.3) is 11.1 Å². The van der Waals surface area contributed by atoms with E-state index in [0.29, 0.717) is 30.1 Å². The van der Waals surface area contributed by atoms with Crippen molar-refractivity contribution in [3.63, 3.8) is 0 Å². The van der Waals surface area contributed by atoms with Gasteiger partial charge in [-0.15, -0.1) is 0 Å². The summed E-state index contributed by atoms with van der Waals surface area (Å²) in [6, 6.07) is 29.7. The molecule has 37 heavy (non-hydrogen) atoms. The van der Waals surface area contributed by atoms with Gasteiger partial charge in [0, 0.05) is 31.3 Å². The van der Waals surface area contributed by atoms with E-state index < -0.39 is 0 Å². The second kappa shape index (κ2) is 10.5. The van der Waals surface area contributed by atoms with Crippen LogP contribution in [0.15, 0.2) is 97.1 Å². The number of nitrogens with one attached hydrogen (secondary N) is 1. The molecule has 0 aliphatic carbocycles. The Kier molecular flexibility index (Phi) is 6.81. The second-order valence-electron chi connectivity index (χ2n) is 9.02. The third-order valence-electron chi connectivity index (χ3n) is 6.39. The molecule has 4 aromatic rings. The molecule has 6 nitrogen and oxygen atoms in total. The van der Waals surface area contributed by atoms with Crippen LogP contribution in [0.4, 0.5) is 5.69 Å². The van der Waals surface area contributed by atoms with Crippen LogP contribution < -0.4 is 10.1 Å². The Morgan fingerprint density at radius 2 is 1.51 bits per heavy atom. The van der Waals surface area contributed by atoms with E-state index in [1.807, 2.05) is 78.9 Å². The van der Waals surface area contributed by atoms with Crippen LogP contribution >= 0.6 is 0 Å². The molecule has 0 radical (unpaired) electrons. The SMILES string of the molecule is CC(=O)N1Cc2ccc(NC(=O)c3ccccc3-c3ccc(OC(=O)Cc4ccccc4)cc3)cc2C1. The van der Waals surface area contributed by atoms with Gasteiger partial charge in [-0.2, -0.15) is 0 Å². The highest BCUT2D eigenvalue weighted by Gasteiger charge is 2.21. The maximum Gasteiger partial charge on any atom is 0.315 e. The van der Waals surface area contributed by atoms with E-state index in [1.54, 1.807) is 30.0 Å². The molecule has 0 saturated heterocycles. The summed E-state index contributed by atoms with van der Waals surface area (Å²) in [5, 5.41) is 2.99. The first-order valence-electron chi connectivity index (χ1n) is 12.1. The van der Waals surface area contributed by atoms with Crippen LogP contribution in [0, 0.1) is 0 Å². The third kappa shape index (κ3) is 5.59. The number of amides is 2. The summed E-state index contributed by atoms with van der Waals surface area (Å²) >= 11 is 0. The Bertz CT molecular complexity index is 1460. The van der Waals surface area contributed by atoms with Gasteiger partial charge in [-0.3, -0.25) is 14.4 Å². The Morgan fingerprint density at radius 3 is 2.27 bits per heavy atom. The number of hydrogen-bond acceptors (Lipinski definition) is 4. The maximum absolute atomic E-state index is 13.2. The standard InChI is InChI=1S/C31H26N2O4/c1-21(34)33-19-24-11-14-26(18-25(24)20-33)32-31(36)29-10-6-5-9-28(29)23-12-15-27(16-13-23)37-30(35)17-22-7-3-2-4-8-22/h2-16,18H,17,19-20H2,1H3,(H,32,36). The number of fused-ring (bicyclic) bond motifs is 1. The molecular formula is C31H26N2O4. The first-order valence-corrected chi connectivity index (χ1v) is 12.1. The molecule has 2 amide bonds. The quantitative estimate of drug-likeness (QED) is 0.281. The predicted octanol–water partition coefficient (Wildman–Crippen LogP) is 5.62. The molecule has 4 aromatic carbocycles. The minimum atomic E-state index is -0.334. The highest BCUT2D eigenvalue weighted by Crippen LogP contribution is 2.29. The van der Waals surface area contributed by atoms with E-state index in [1.165, 1.54) is 0 Å². The van der Waals surface area contributed by atoms with Crippen molar-refractivity contribution in [2.45, 2.75) is 26.4 Å². The van der Waals surface area contributed by atoms with Gasteiger partial charge in [0.2, 0.25) is 5.91 Å². The van der Waals surface area contributed by atoms with Crippen LogP contribution in [0.5, 0.6) is 5.75 Å². The fraction of sp³-hybridized carbons (Fsp3) is 0.129. The number of benzene rings is 4. The van der Waals surface area contributed by atoms with Crippen molar-refractivity contribution in [3.8, 4) is 16.9 Å². The minimum absolute atomic E-state index is 0.0349. The summed E-state index contributed by atoms with van der Waals surface area (Å²) < 4.78 is 5.48. The Balaban J connectivity index is 1.28. The first kappa shape index (κ1) is 24.0. The normalized spacial score (nSPS) is 12.1. The third-order valence-corrected chi connectivity index (χ3v) is 6.39. The largest absolute Gasteiger partial charge is 0.426 e. The van der Waals surface area contributed by atoms with Gasteiger partial charge < -0.3 is 15.0 Å². The van der Waals surface area contributed by atoms with E-state index in [4.69, 9.17) is 4.74 Å². The van der Waals surface area contributed by atoms with Crippen molar-refractivity contribution in [2.75, 3.05) is 5.32 Å². The molecule has 1 aliphatic rings. The molecule has 184 valence electrons. The molecule has 0 saturated carbocycles. The van der Waals surface area contributed by atoms with Crippen LogP contribution in [0.3, 0.4) is 0 Å². The monoisotopic (exact) mass is 490 g/mol. The van der Waals surface area contributed by atoms with Gasteiger partial charge in [0.25, 0.3) is 5.91 Å². The van der Waals surface area contributed by atoms with E-state index >= 15 is 0 Å². The van der Waals surface area contributed by atoms with Crippen molar-refractivity contribution < 1.29 is 19.1 Å². The number of hydrogen-bond donors (Lipinski definition) is 1. The van der Waals surface area contributed by atoms with Crippen LogP contribution in [0.2, 0.25) is 0 Å². The van der Waals surface area contributed by atoms with E-state index in [0.717, 1.165) is 27.8 Å². The zero-order chi connectivity index (χ0) is 25.8. The molecule has 0 unspecified atom stereocenters. The summed E-state index contributed by atoms with van der Waals surface area (Å²) in [4.78, 5) is 39.0. The van der Waals surface area contributed by atoms with Crippen molar-refractivity contribution in [2.24, 2.45) is 0 Å². The molecule has 5 rings (SSSR count). The average molecular weight is 491 g/mol. The fourth-order valence-electron chi connectivity index (χ4n) is 4.46. The number of ether oxygens (including phenoxy) is 1. The summed E-state index contributed by atoms with van der Waals surface area (Å²) in [6.45, 7) is 2.71. The molecule has 0 aromatic heterocycles. The summed E-state index contributed by atoms with van der Waals surface area (Å²) in [6.07, 6.45) is 0.196. The molecular weight excluding hydrogens is 464 g/mol. The first-order chi connectivity index (χ1) is 18.0. The lowest BCUT2D eigenvalue weighted by Gasteiger charge is -2.12. The summed E-state index contributed by atoms with van der Waals surface area (Å²) in [5.74, 6) is -0.0770. The topological polar surface area (TPSA) is 75.7 Å². The number of carbonyl (C=O) groups excluding carboxylic acids is 3. The smallest absolute Gasteiger partial charge is 0.315 e. The van der Waals surface area contributed by atoms with E-state index in [9.17, 15) is 14.4 Å². The van der Waals surface area contributed by atoms with Gasteiger partial charge in [0.1, 0.15) is 5.75 Å². The van der Waals surface area contributed by atoms with Gasteiger partial charge in [-0.05, 0) is 58.1 Å². The zero-order valence-electron chi connectivity index (χ0n) is 20.4. The lowest BCUT2D eigenvalue weighted by molar-refractivity contribution is -0.133. The lowest BCUT2D eigenvalue weighted by Crippen LogP contribution is -2.21. The molecule has 0 bridgehead atoms. The molecule has 1 heterocycles. The number of rotatable bonds is 6. The molecule has 0 fully saturated rings. The Labute approximate surface area is 215 Å². The van der Waals surface area contributed by atoms with E-state index in [-0.39, 0.29) is 24.2 Å². The number of esters is 1. The van der Waals surface area contributed by atoms with Gasteiger partial charge in [0.05, 0.1) is 6.42 Å². The number of carbonyl (C=O) groups is 3. The molecule has 0 atom stereocenters. The fourth-order valence-corrected chi connectivity index (χ4v) is 4.46. The van der Waals surface area contributed by atoms with Crippen molar-refractivity contribution >= 4 is 23.5 Å². The average Bonchev–Trinajstić information content (AvgIpc) is 3.34. The van der Waals surface area contributed by atoms with Crippen molar-refractivity contribution in [1.82, 2.24) is 4.90 Å². The molecule has 1 N–H and O–H groups in total. The van der Waals surface area contributed by atoms with Crippen LogP contribution in [-0.2, 0) is 29.1 Å². The number of anilines is 1. The molecule has 0 spiro atoms. The maximum atomic E-state index is 13.2. The zero-order valence-corrected chi connectivity index (χ0v) is 20.4. The van der Waals surface area contributed by atoms with Gasteiger partial charge in [0.15, 0.2) is 0 Å². The highest BCUT2D eigenvalue weighted by atomic mass is 16.5. The van der Waals surface area contributed by atoms with Gasteiger partial charge >= 0.3 is 5.97 Å². The summed E-state index contributed by atoms with van der Waals surface area (Å²) in [7, 11) is 0. The van der Waals surface area contributed by atoms with E-state index in [2.05, 4.69) is 5.32 Å². The van der Waals surface area contributed by atoms with Crippen LogP contribution in [-0.4, -0.2) is 22.7 Å². The van der Waals surface area contributed by atoms with Gasteiger partial charge in [-0.25, -0.2) is 0 Å². The number of nitrogens with zero attached hydrogens (tertiary/aromatic N) is 1. The van der Waals surface area contributed by atoms with Crippen molar-refractivity contribution in [1.29, 1.82) is 0 Å². The Hall–Kier alpha value is -4.71.